The van der Waals surface area contributed by atoms with Crippen molar-refractivity contribution in [3.63, 3.8) is 0 Å². The highest BCUT2D eigenvalue weighted by Gasteiger charge is 2.31. The standard InChI is InChI=1S/C11H4Cl2F3N/c12-9-5-7(11(14,15)16)6-10(13)8(9)3-1-2-4-17/h5-6H,2H2. The highest BCUT2D eigenvalue weighted by molar-refractivity contribution is 6.36. The number of nitriles is 1. The second-order valence-electron chi connectivity index (χ2n) is 2.95. The summed E-state index contributed by atoms with van der Waals surface area (Å²) in [4.78, 5) is 0. The highest BCUT2D eigenvalue weighted by Crippen LogP contribution is 2.35. The first kappa shape index (κ1) is 13.7. The van der Waals surface area contributed by atoms with E-state index in [1.165, 1.54) is 0 Å². The molecule has 0 fully saturated rings. The summed E-state index contributed by atoms with van der Waals surface area (Å²) < 4.78 is 37.2. The lowest BCUT2D eigenvalue weighted by molar-refractivity contribution is -0.137. The first-order chi connectivity index (χ1) is 7.86. The van der Waals surface area contributed by atoms with Crippen LogP contribution in [-0.2, 0) is 6.18 Å². The van der Waals surface area contributed by atoms with Crippen molar-refractivity contribution >= 4 is 23.2 Å². The van der Waals surface area contributed by atoms with Crippen molar-refractivity contribution in [2.24, 2.45) is 0 Å². The zero-order valence-corrected chi connectivity index (χ0v) is 9.71. The Balaban J connectivity index is 3.23. The Morgan fingerprint density at radius 1 is 1.18 bits per heavy atom. The Kier molecular flexibility index (Phi) is 4.28. The lowest BCUT2D eigenvalue weighted by atomic mass is 10.1. The van der Waals surface area contributed by atoms with Crippen LogP contribution in [0.25, 0.3) is 0 Å². The maximum Gasteiger partial charge on any atom is 0.416 e. The summed E-state index contributed by atoms with van der Waals surface area (Å²) >= 11 is 11.3. The van der Waals surface area contributed by atoms with Crippen molar-refractivity contribution in [1.82, 2.24) is 0 Å². The predicted octanol–water partition coefficient (Wildman–Crippen LogP) is 4.28. The van der Waals surface area contributed by atoms with Gasteiger partial charge in [0, 0.05) is 0 Å². The van der Waals surface area contributed by atoms with E-state index in [9.17, 15) is 13.2 Å². The van der Waals surface area contributed by atoms with Gasteiger partial charge in [0.05, 0.1) is 33.7 Å². The normalized spacial score (nSPS) is 10.4. The summed E-state index contributed by atoms with van der Waals surface area (Å²) in [6.45, 7) is 0. The number of nitrogens with zero attached hydrogens (tertiary/aromatic N) is 1. The Labute approximate surface area is 106 Å². The number of benzene rings is 1. The quantitative estimate of drug-likeness (QED) is 0.650. The fourth-order valence-electron chi connectivity index (χ4n) is 1.03. The van der Waals surface area contributed by atoms with Gasteiger partial charge in [-0.15, -0.1) is 0 Å². The Morgan fingerprint density at radius 3 is 2.12 bits per heavy atom. The summed E-state index contributed by atoms with van der Waals surface area (Å²) in [5.41, 5.74) is -0.838. The molecule has 0 heterocycles. The summed E-state index contributed by atoms with van der Waals surface area (Å²) in [5, 5.41) is 7.90. The van der Waals surface area contributed by atoms with E-state index in [0.29, 0.717) is 0 Å². The van der Waals surface area contributed by atoms with Crippen LogP contribution in [0.2, 0.25) is 10.0 Å². The molecule has 0 saturated heterocycles. The molecule has 0 unspecified atom stereocenters. The van der Waals surface area contributed by atoms with Gasteiger partial charge in [0.1, 0.15) is 0 Å². The molecule has 0 amide bonds. The van der Waals surface area contributed by atoms with Crippen LogP contribution in [0.3, 0.4) is 0 Å². The molecule has 0 spiro atoms. The SMILES string of the molecule is N#CCC#Cc1c(Cl)cc(C(F)(F)F)cc1Cl. The molecule has 1 rings (SSSR count). The van der Waals surface area contributed by atoms with E-state index in [4.69, 9.17) is 28.5 Å². The monoisotopic (exact) mass is 277 g/mol. The van der Waals surface area contributed by atoms with E-state index in [-0.39, 0.29) is 22.0 Å². The van der Waals surface area contributed by atoms with Gasteiger partial charge in [-0.25, -0.2) is 0 Å². The molecule has 0 aliphatic carbocycles. The van der Waals surface area contributed by atoms with Crippen LogP contribution in [0.4, 0.5) is 13.2 Å². The minimum absolute atomic E-state index is 0.0479. The van der Waals surface area contributed by atoms with E-state index < -0.39 is 11.7 Å². The lowest BCUT2D eigenvalue weighted by Crippen LogP contribution is -2.05. The second kappa shape index (κ2) is 5.31. The molecule has 0 aromatic heterocycles. The van der Waals surface area contributed by atoms with Gasteiger partial charge in [0.25, 0.3) is 0 Å². The van der Waals surface area contributed by atoms with Gasteiger partial charge in [-0.1, -0.05) is 35.0 Å². The minimum Gasteiger partial charge on any atom is -0.197 e. The first-order valence-corrected chi connectivity index (χ1v) is 5.04. The van der Waals surface area contributed by atoms with Gasteiger partial charge >= 0.3 is 6.18 Å². The lowest BCUT2D eigenvalue weighted by Gasteiger charge is -2.09. The zero-order chi connectivity index (χ0) is 13.1. The fourth-order valence-corrected chi connectivity index (χ4v) is 1.61. The molecule has 0 atom stereocenters. The van der Waals surface area contributed by atoms with Crippen LogP contribution in [0, 0.1) is 23.2 Å². The third-order valence-electron chi connectivity index (χ3n) is 1.75. The molecule has 0 aliphatic rings. The molecular weight excluding hydrogens is 274 g/mol. The summed E-state index contributed by atoms with van der Waals surface area (Å²) in [6, 6.07) is 3.28. The van der Waals surface area contributed by atoms with E-state index in [2.05, 4.69) is 11.8 Å². The smallest absolute Gasteiger partial charge is 0.197 e. The van der Waals surface area contributed by atoms with Crippen LogP contribution >= 0.6 is 23.2 Å². The van der Waals surface area contributed by atoms with Crippen molar-refractivity contribution in [2.45, 2.75) is 12.6 Å². The predicted molar refractivity (Wildman–Crippen MR) is 58.6 cm³/mol. The van der Waals surface area contributed by atoms with Crippen molar-refractivity contribution in [3.8, 4) is 17.9 Å². The van der Waals surface area contributed by atoms with Gasteiger partial charge in [-0.05, 0) is 12.1 Å². The van der Waals surface area contributed by atoms with Crippen LogP contribution in [0.1, 0.15) is 17.5 Å². The van der Waals surface area contributed by atoms with E-state index >= 15 is 0 Å². The fraction of sp³-hybridized carbons (Fsp3) is 0.182. The summed E-state index contributed by atoms with van der Waals surface area (Å²) in [5.74, 6) is 4.89. The minimum atomic E-state index is -4.51. The first-order valence-electron chi connectivity index (χ1n) is 4.28. The molecule has 1 nitrogen and oxygen atoms in total. The molecule has 0 radical (unpaired) electrons. The number of alkyl halides is 3. The van der Waals surface area contributed by atoms with Crippen LogP contribution in [0.5, 0.6) is 0 Å². The van der Waals surface area contributed by atoms with Gasteiger partial charge in [-0.3, -0.25) is 0 Å². The average Bonchev–Trinajstić information content (AvgIpc) is 2.20. The van der Waals surface area contributed by atoms with Crippen molar-refractivity contribution < 1.29 is 13.2 Å². The Hall–Kier alpha value is -1.36. The van der Waals surface area contributed by atoms with Gasteiger partial charge in [-0.2, -0.15) is 18.4 Å². The number of halogens is 5. The van der Waals surface area contributed by atoms with E-state index in [1.54, 1.807) is 6.07 Å². The molecule has 0 N–H and O–H groups in total. The molecule has 17 heavy (non-hydrogen) atoms. The number of hydrogen-bond acceptors (Lipinski definition) is 1. The third-order valence-corrected chi connectivity index (χ3v) is 2.35. The van der Waals surface area contributed by atoms with Crippen LogP contribution < -0.4 is 0 Å². The summed E-state index contributed by atoms with van der Waals surface area (Å²) in [6.07, 6.45) is -4.56. The molecule has 0 saturated carbocycles. The van der Waals surface area contributed by atoms with Gasteiger partial charge in [0.2, 0.25) is 0 Å². The van der Waals surface area contributed by atoms with Gasteiger partial charge in [0.15, 0.2) is 0 Å². The molecule has 1 aromatic rings. The third kappa shape index (κ3) is 3.56. The number of hydrogen-bond donors (Lipinski definition) is 0. The second-order valence-corrected chi connectivity index (χ2v) is 3.76. The van der Waals surface area contributed by atoms with Crippen LogP contribution in [-0.4, -0.2) is 0 Å². The Bertz CT molecular complexity index is 509. The topological polar surface area (TPSA) is 23.8 Å². The maximum absolute atomic E-state index is 12.4. The molecular formula is C11H4Cl2F3N. The molecule has 1 aromatic carbocycles. The van der Waals surface area contributed by atoms with Crippen molar-refractivity contribution in [3.05, 3.63) is 33.3 Å². The van der Waals surface area contributed by atoms with Crippen LogP contribution in [0.15, 0.2) is 12.1 Å². The van der Waals surface area contributed by atoms with Crippen molar-refractivity contribution in [2.75, 3.05) is 0 Å². The largest absolute Gasteiger partial charge is 0.416 e. The maximum atomic E-state index is 12.4. The summed E-state index contributed by atoms with van der Waals surface area (Å²) in [7, 11) is 0. The van der Waals surface area contributed by atoms with E-state index in [0.717, 1.165) is 12.1 Å². The van der Waals surface area contributed by atoms with E-state index in [1.807, 2.05) is 0 Å². The average molecular weight is 278 g/mol. The molecule has 88 valence electrons. The highest BCUT2D eigenvalue weighted by atomic mass is 35.5. The Morgan fingerprint density at radius 2 is 1.71 bits per heavy atom. The molecule has 0 bridgehead atoms. The molecule has 0 aliphatic heterocycles. The van der Waals surface area contributed by atoms with Gasteiger partial charge < -0.3 is 0 Å². The molecule has 6 heteroatoms. The zero-order valence-electron chi connectivity index (χ0n) is 8.20. The van der Waals surface area contributed by atoms with Crippen molar-refractivity contribution in [1.29, 1.82) is 5.26 Å². The number of rotatable bonds is 0.